The maximum absolute atomic E-state index is 12.4. The van der Waals surface area contributed by atoms with E-state index < -0.39 is 0 Å². The summed E-state index contributed by atoms with van der Waals surface area (Å²) in [6, 6.07) is 10.7. The molecule has 0 spiro atoms. The minimum absolute atomic E-state index is 0.0297. The maximum atomic E-state index is 12.4. The van der Waals surface area contributed by atoms with Crippen molar-refractivity contribution in [2.24, 2.45) is 0 Å². The number of likely N-dealkylation sites (tertiary alicyclic amines) is 1. The van der Waals surface area contributed by atoms with Crippen molar-refractivity contribution < 1.29 is 9.59 Å². The number of benzene rings is 1. The van der Waals surface area contributed by atoms with Gasteiger partial charge in [0.2, 0.25) is 11.8 Å². The molecule has 1 aromatic carbocycles. The molecule has 0 aliphatic carbocycles. The highest BCUT2D eigenvalue weighted by Crippen LogP contribution is 2.18. The molecule has 138 valence electrons. The van der Waals surface area contributed by atoms with Gasteiger partial charge in [-0.15, -0.1) is 0 Å². The van der Waals surface area contributed by atoms with Crippen LogP contribution in [0.1, 0.15) is 44.6 Å². The molecule has 25 heavy (non-hydrogen) atoms. The average molecular weight is 345 g/mol. The number of carbonyl (C=O) groups excluding carboxylic acids is 2. The van der Waals surface area contributed by atoms with E-state index in [9.17, 15) is 9.59 Å². The van der Waals surface area contributed by atoms with Crippen molar-refractivity contribution in [3.05, 3.63) is 35.9 Å². The smallest absolute Gasteiger partial charge is 0.223 e. The average Bonchev–Trinajstić information content (AvgIpc) is 2.64. The fourth-order valence-electron chi connectivity index (χ4n) is 3.29. The fraction of sp³-hybridized carbons (Fsp3) is 0.600. The number of piperidine rings is 1. The minimum Gasteiger partial charge on any atom is -0.356 e. The molecule has 5 heteroatoms. The Kier molecular flexibility index (Phi) is 7.92. The first-order chi connectivity index (χ1) is 12.1. The summed E-state index contributed by atoms with van der Waals surface area (Å²) in [4.78, 5) is 28.4. The highest BCUT2D eigenvalue weighted by molar-refractivity contribution is 5.83. The van der Waals surface area contributed by atoms with Crippen molar-refractivity contribution in [1.82, 2.24) is 15.1 Å². The van der Waals surface area contributed by atoms with Crippen molar-refractivity contribution in [3.8, 4) is 0 Å². The van der Waals surface area contributed by atoms with Gasteiger partial charge in [-0.05, 0) is 31.4 Å². The van der Waals surface area contributed by atoms with Crippen LogP contribution in [0.4, 0.5) is 0 Å². The lowest BCUT2D eigenvalue weighted by molar-refractivity contribution is -0.135. The van der Waals surface area contributed by atoms with E-state index in [1.165, 1.54) is 5.56 Å². The monoisotopic (exact) mass is 345 g/mol. The number of hydrogen-bond acceptors (Lipinski definition) is 3. The van der Waals surface area contributed by atoms with Gasteiger partial charge in [-0.3, -0.25) is 14.5 Å². The van der Waals surface area contributed by atoms with E-state index in [4.69, 9.17) is 0 Å². The number of carbonyl (C=O) groups is 2. The van der Waals surface area contributed by atoms with Crippen LogP contribution in [0.2, 0.25) is 0 Å². The molecule has 1 aromatic rings. The molecule has 1 heterocycles. The van der Waals surface area contributed by atoms with E-state index in [0.29, 0.717) is 13.0 Å². The predicted octanol–water partition coefficient (Wildman–Crippen LogP) is 2.42. The lowest BCUT2D eigenvalue weighted by Crippen LogP contribution is -2.48. The molecule has 1 N–H and O–H groups in total. The van der Waals surface area contributed by atoms with Crippen LogP contribution in [0, 0.1) is 0 Å². The summed E-state index contributed by atoms with van der Waals surface area (Å²) < 4.78 is 0. The number of amides is 2. The van der Waals surface area contributed by atoms with Gasteiger partial charge in [-0.2, -0.15) is 0 Å². The van der Waals surface area contributed by atoms with E-state index in [-0.39, 0.29) is 24.3 Å². The summed E-state index contributed by atoms with van der Waals surface area (Å²) >= 11 is 0. The van der Waals surface area contributed by atoms with Crippen molar-refractivity contribution >= 4 is 11.8 Å². The molecule has 5 nitrogen and oxygen atoms in total. The van der Waals surface area contributed by atoms with Gasteiger partial charge in [-0.1, -0.05) is 37.3 Å². The van der Waals surface area contributed by atoms with E-state index in [1.807, 2.05) is 24.9 Å². The summed E-state index contributed by atoms with van der Waals surface area (Å²) in [6.45, 7) is 5.61. The SMILES string of the molecule is CCCNC(=O)CCC(=O)N(C)C1CCCN(Cc2ccccc2)C1. The lowest BCUT2D eigenvalue weighted by Gasteiger charge is -2.37. The topological polar surface area (TPSA) is 52.7 Å². The molecule has 0 saturated carbocycles. The van der Waals surface area contributed by atoms with Gasteiger partial charge in [0, 0.05) is 45.6 Å². The molecular weight excluding hydrogens is 314 g/mol. The molecule has 0 radical (unpaired) electrons. The van der Waals surface area contributed by atoms with Crippen LogP contribution >= 0.6 is 0 Å². The molecule has 1 aliphatic heterocycles. The van der Waals surface area contributed by atoms with Gasteiger partial charge in [0.05, 0.1) is 0 Å². The zero-order chi connectivity index (χ0) is 18.1. The third kappa shape index (κ3) is 6.50. The Morgan fingerprint density at radius 2 is 2.00 bits per heavy atom. The van der Waals surface area contributed by atoms with Gasteiger partial charge < -0.3 is 10.2 Å². The van der Waals surface area contributed by atoms with Crippen molar-refractivity contribution in [2.45, 2.75) is 51.6 Å². The first-order valence-corrected chi connectivity index (χ1v) is 9.38. The second-order valence-electron chi connectivity index (χ2n) is 6.87. The van der Waals surface area contributed by atoms with E-state index >= 15 is 0 Å². The quantitative estimate of drug-likeness (QED) is 0.787. The van der Waals surface area contributed by atoms with Gasteiger partial charge in [-0.25, -0.2) is 0 Å². The first kappa shape index (κ1) is 19.4. The summed E-state index contributed by atoms with van der Waals surface area (Å²) in [7, 11) is 1.88. The standard InChI is InChI=1S/C20H31N3O2/c1-3-13-21-19(24)11-12-20(25)22(2)18-10-7-14-23(16-18)15-17-8-5-4-6-9-17/h4-6,8-9,18H,3,7,10-16H2,1-2H3,(H,21,24). The Balaban J connectivity index is 1.79. The molecule has 1 fully saturated rings. The summed E-state index contributed by atoms with van der Waals surface area (Å²) in [5.74, 6) is 0.0381. The van der Waals surface area contributed by atoms with E-state index in [1.54, 1.807) is 0 Å². The predicted molar refractivity (Wildman–Crippen MR) is 100 cm³/mol. The Hall–Kier alpha value is -1.88. The van der Waals surface area contributed by atoms with Crippen molar-refractivity contribution in [1.29, 1.82) is 0 Å². The molecule has 1 aliphatic rings. The van der Waals surface area contributed by atoms with Gasteiger partial charge in [0.1, 0.15) is 0 Å². The zero-order valence-electron chi connectivity index (χ0n) is 15.5. The second kappa shape index (κ2) is 10.2. The number of nitrogens with zero attached hydrogens (tertiary/aromatic N) is 2. The molecule has 0 aromatic heterocycles. The largest absolute Gasteiger partial charge is 0.356 e. The lowest BCUT2D eigenvalue weighted by atomic mass is 10.0. The van der Waals surface area contributed by atoms with Crippen LogP contribution in [0.25, 0.3) is 0 Å². The molecule has 1 atom stereocenters. The number of hydrogen-bond donors (Lipinski definition) is 1. The van der Waals surface area contributed by atoms with E-state index in [0.717, 1.165) is 38.9 Å². The first-order valence-electron chi connectivity index (χ1n) is 9.38. The Labute approximate surface area is 151 Å². The molecular formula is C20H31N3O2. The summed E-state index contributed by atoms with van der Waals surface area (Å²) in [5.41, 5.74) is 1.31. The molecule has 2 rings (SSSR count). The van der Waals surface area contributed by atoms with Gasteiger partial charge in [0.25, 0.3) is 0 Å². The Morgan fingerprint density at radius 1 is 1.24 bits per heavy atom. The Morgan fingerprint density at radius 3 is 2.72 bits per heavy atom. The third-order valence-corrected chi connectivity index (χ3v) is 4.81. The third-order valence-electron chi connectivity index (χ3n) is 4.81. The Bertz CT molecular complexity index is 547. The fourth-order valence-corrected chi connectivity index (χ4v) is 3.29. The number of rotatable bonds is 8. The van der Waals surface area contributed by atoms with Crippen LogP contribution in [-0.2, 0) is 16.1 Å². The van der Waals surface area contributed by atoms with Crippen molar-refractivity contribution in [2.75, 3.05) is 26.7 Å². The molecule has 0 bridgehead atoms. The van der Waals surface area contributed by atoms with Crippen LogP contribution in [-0.4, -0.2) is 54.3 Å². The second-order valence-corrected chi connectivity index (χ2v) is 6.87. The highest BCUT2D eigenvalue weighted by atomic mass is 16.2. The van der Waals surface area contributed by atoms with Crippen molar-refractivity contribution in [3.63, 3.8) is 0 Å². The molecule has 1 saturated heterocycles. The number of nitrogens with one attached hydrogen (secondary N) is 1. The minimum atomic E-state index is -0.0297. The van der Waals surface area contributed by atoms with Crippen LogP contribution in [0.3, 0.4) is 0 Å². The van der Waals surface area contributed by atoms with Gasteiger partial charge in [0.15, 0.2) is 0 Å². The number of likely N-dealkylation sites (N-methyl/N-ethyl adjacent to an activating group) is 1. The maximum Gasteiger partial charge on any atom is 0.223 e. The highest BCUT2D eigenvalue weighted by Gasteiger charge is 2.26. The van der Waals surface area contributed by atoms with E-state index in [2.05, 4.69) is 34.5 Å². The molecule has 2 amide bonds. The van der Waals surface area contributed by atoms with Crippen LogP contribution < -0.4 is 5.32 Å². The van der Waals surface area contributed by atoms with Crippen LogP contribution in [0.5, 0.6) is 0 Å². The normalized spacial score (nSPS) is 17.9. The summed E-state index contributed by atoms with van der Waals surface area (Å²) in [6.07, 6.45) is 3.63. The molecule has 1 unspecified atom stereocenters. The summed E-state index contributed by atoms with van der Waals surface area (Å²) in [5, 5.41) is 2.82. The van der Waals surface area contributed by atoms with Gasteiger partial charge >= 0.3 is 0 Å². The zero-order valence-corrected chi connectivity index (χ0v) is 15.5. The van der Waals surface area contributed by atoms with Crippen LogP contribution in [0.15, 0.2) is 30.3 Å².